The van der Waals surface area contributed by atoms with Crippen molar-refractivity contribution in [1.29, 1.82) is 0 Å². The zero-order valence-corrected chi connectivity index (χ0v) is 19.5. The number of anilines is 1. The molecule has 1 aliphatic heterocycles. The van der Waals surface area contributed by atoms with E-state index in [1.54, 1.807) is 6.92 Å². The summed E-state index contributed by atoms with van der Waals surface area (Å²) >= 11 is 1.86. The van der Waals surface area contributed by atoms with Crippen LogP contribution in [0, 0.1) is 17.8 Å². The molecule has 1 aromatic rings. The molecule has 4 saturated carbocycles. The van der Waals surface area contributed by atoms with E-state index in [4.69, 9.17) is 4.99 Å². The lowest BCUT2D eigenvalue weighted by molar-refractivity contribution is -0.117. The van der Waals surface area contributed by atoms with Gasteiger partial charge in [-0.2, -0.15) is 0 Å². The Morgan fingerprint density at radius 2 is 1.70 bits per heavy atom. The monoisotopic (exact) mass is 425 g/mol. The van der Waals surface area contributed by atoms with Gasteiger partial charge >= 0.3 is 0 Å². The van der Waals surface area contributed by atoms with Crippen molar-refractivity contribution < 1.29 is 4.79 Å². The van der Waals surface area contributed by atoms with Crippen LogP contribution in [0.5, 0.6) is 0 Å². The van der Waals surface area contributed by atoms with Crippen molar-refractivity contribution >= 4 is 28.5 Å². The molecule has 1 heterocycles. The van der Waals surface area contributed by atoms with Gasteiger partial charge in [0.25, 0.3) is 0 Å². The van der Waals surface area contributed by atoms with E-state index >= 15 is 0 Å². The largest absolute Gasteiger partial charge is 0.330 e. The van der Waals surface area contributed by atoms with Crippen LogP contribution in [-0.4, -0.2) is 40.0 Å². The summed E-state index contributed by atoms with van der Waals surface area (Å²) in [5.74, 6) is 3.73. The summed E-state index contributed by atoms with van der Waals surface area (Å²) in [4.78, 5) is 22.6. The van der Waals surface area contributed by atoms with Crippen LogP contribution in [0.2, 0.25) is 0 Å². The van der Waals surface area contributed by atoms with Gasteiger partial charge in [0.05, 0.1) is 5.54 Å². The van der Waals surface area contributed by atoms with Crippen molar-refractivity contribution in [1.82, 2.24) is 4.90 Å². The molecule has 1 amide bonds. The van der Waals surface area contributed by atoms with Gasteiger partial charge in [0.15, 0.2) is 5.17 Å². The molecule has 5 aliphatic rings. The normalized spacial score (nSPS) is 36.0. The highest BCUT2D eigenvalue weighted by Crippen LogP contribution is 2.57. The Bertz CT molecular complexity index is 798. The molecule has 30 heavy (non-hydrogen) atoms. The number of carbonyl (C=O) groups excluding carboxylic acids is 1. The minimum absolute atomic E-state index is 0.0534. The minimum Gasteiger partial charge on any atom is -0.330 e. The Labute approximate surface area is 185 Å². The molecule has 1 atom stereocenters. The van der Waals surface area contributed by atoms with Crippen LogP contribution in [0.3, 0.4) is 0 Å². The van der Waals surface area contributed by atoms with Crippen LogP contribution in [0.25, 0.3) is 0 Å². The Hall–Kier alpha value is -1.49. The lowest BCUT2D eigenvalue weighted by Gasteiger charge is -2.55. The van der Waals surface area contributed by atoms with Crippen LogP contribution in [0.15, 0.2) is 29.3 Å². The molecule has 0 aromatic heterocycles. The molecular weight excluding hydrogens is 390 g/mol. The Kier molecular flexibility index (Phi) is 5.37. The predicted molar refractivity (Wildman–Crippen MR) is 126 cm³/mol. The number of amides is 1. The first-order valence-electron chi connectivity index (χ1n) is 11.9. The van der Waals surface area contributed by atoms with Crippen LogP contribution in [0.1, 0.15) is 64.9 Å². The summed E-state index contributed by atoms with van der Waals surface area (Å²) in [6, 6.07) is 8.50. The first-order chi connectivity index (χ1) is 14.5. The highest BCUT2D eigenvalue weighted by molar-refractivity contribution is 8.14. The third-order valence-electron chi connectivity index (χ3n) is 7.91. The SMILES string of the molecule is CCc1ccc(N(C(C)=O)C2CSC(=NC34CC5CC(CC(C5)C3)C4)N2CC)cc1. The number of hydrogen-bond acceptors (Lipinski definition) is 3. The molecule has 0 spiro atoms. The van der Waals surface area contributed by atoms with Gasteiger partial charge in [-0.1, -0.05) is 30.8 Å². The molecule has 5 heteroatoms. The maximum atomic E-state index is 12.7. The van der Waals surface area contributed by atoms with Gasteiger partial charge in [-0.3, -0.25) is 14.7 Å². The molecule has 4 bridgehead atoms. The summed E-state index contributed by atoms with van der Waals surface area (Å²) in [5.41, 5.74) is 2.49. The third-order valence-corrected chi connectivity index (χ3v) is 8.96. The maximum Gasteiger partial charge on any atom is 0.225 e. The summed E-state index contributed by atoms with van der Waals surface area (Å²) in [6.45, 7) is 6.95. The van der Waals surface area contributed by atoms with Crippen molar-refractivity contribution in [2.24, 2.45) is 22.7 Å². The fourth-order valence-electron chi connectivity index (χ4n) is 6.97. The van der Waals surface area contributed by atoms with Gasteiger partial charge in [-0.15, -0.1) is 0 Å². The van der Waals surface area contributed by atoms with E-state index in [9.17, 15) is 4.79 Å². The lowest BCUT2D eigenvalue weighted by Crippen LogP contribution is -2.52. The second kappa shape index (κ2) is 7.89. The maximum absolute atomic E-state index is 12.7. The molecule has 1 unspecified atom stereocenters. The molecule has 162 valence electrons. The number of amidine groups is 1. The van der Waals surface area contributed by atoms with Crippen molar-refractivity contribution in [3.63, 3.8) is 0 Å². The van der Waals surface area contributed by atoms with Crippen molar-refractivity contribution in [3.05, 3.63) is 29.8 Å². The number of hydrogen-bond donors (Lipinski definition) is 0. The average molecular weight is 426 g/mol. The second-order valence-electron chi connectivity index (χ2n) is 10.0. The molecule has 0 N–H and O–H groups in total. The first kappa shape index (κ1) is 20.4. The van der Waals surface area contributed by atoms with Crippen molar-refractivity contribution in [2.75, 3.05) is 17.2 Å². The highest BCUT2D eigenvalue weighted by atomic mass is 32.2. The van der Waals surface area contributed by atoms with Gasteiger partial charge in [0, 0.05) is 24.9 Å². The molecular formula is C25H35N3OS. The summed E-state index contributed by atoms with van der Waals surface area (Å²) in [6.07, 6.45) is 9.29. The molecule has 5 fully saturated rings. The van der Waals surface area contributed by atoms with Crippen molar-refractivity contribution in [3.8, 4) is 0 Å². The highest BCUT2D eigenvalue weighted by Gasteiger charge is 2.52. The van der Waals surface area contributed by atoms with E-state index in [1.165, 1.54) is 49.3 Å². The number of aliphatic imine (C=N–C) groups is 1. The van der Waals surface area contributed by atoms with E-state index in [-0.39, 0.29) is 17.6 Å². The topological polar surface area (TPSA) is 35.9 Å². The van der Waals surface area contributed by atoms with Crippen LogP contribution in [-0.2, 0) is 11.2 Å². The van der Waals surface area contributed by atoms with E-state index in [2.05, 4.69) is 43.0 Å². The standard InChI is InChI=1S/C25H35N3OS/c1-4-18-6-8-22(9-7-18)28(17(3)29)23-16-30-24(27(23)5-2)26-25-13-19-10-20(14-25)12-21(11-19)15-25/h6-9,19-21,23H,4-5,10-16H2,1-3H3. The van der Waals surface area contributed by atoms with E-state index < -0.39 is 0 Å². The summed E-state index contributed by atoms with van der Waals surface area (Å²) in [5, 5.41) is 1.18. The van der Waals surface area contributed by atoms with Crippen LogP contribution < -0.4 is 4.90 Å². The lowest BCUT2D eigenvalue weighted by atomic mass is 9.53. The fraction of sp³-hybridized carbons (Fsp3) is 0.680. The third kappa shape index (κ3) is 3.57. The van der Waals surface area contributed by atoms with Crippen molar-refractivity contribution in [2.45, 2.75) is 77.4 Å². The fourth-order valence-corrected chi connectivity index (χ4v) is 8.27. The van der Waals surface area contributed by atoms with Gasteiger partial charge in [-0.05, 0) is 87.3 Å². The molecule has 1 aromatic carbocycles. The Morgan fingerprint density at radius 3 is 2.20 bits per heavy atom. The molecule has 4 aliphatic carbocycles. The smallest absolute Gasteiger partial charge is 0.225 e. The first-order valence-corrected chi connectivity index (χ1v) is 12.9. The zero-order valence-electron chi connectivity index (χ0n) is 18.6. The van der Waals surface area contributed by atoms with Gasteiger partial charge in [0.1, 0.15) is 6.17 Å². The van der Waals surface area contributed by atoms with E-state index in [0.29, 0.717) is 0 Å². The summed E-state index contributed by atoms with van der Waals surface area (Å²) < 4.78 is 0. The van der Waals surface area contributed by atoms with E-state index in [1.807, 2.05) is 16.7 Å². The van der Waals surface area contributed by atoms with Gasteiger partial charge < -0.3 is 4.90 Å². The summed E-state index contributed by atoms with van der Waals surface area (Å²) in [7, 11) is 0. The number of aryl methyl sites for hydroxylation is 1. The molecule has 6 rings (SSSR count). The number of thioether (sulfide) groups is 1. The second-order valence-corrected chi connectivity index (χ2v) is 11.0. The average Bonchev–Trinajstić information content (AvgIpc) is 3.08. The minimum atomic E-state index is 0.0534. The Morgan fingerprint density at radius 1 is 1.10 bits per heavy atom. The zero-order chi connectivity index (χ0) is 20.9. The van der Waals surface area contributed by atoms with Crippen LogP contribution in [0.4, 0.5) is 5.69 Å². The molecule has 0 radical (unpaired) electrons. The molecule has 1 saturated heterocycles. The van der Waals surface area contributed by atoms with Crippen LogP contribution >= 0.6 is 11.8 Å². The number of nitrogens with zero attached hydrogens (tertiary/aromatic N) is 3. The van der Waals surface area contributed by atoms with E-state index in [0.717, 1.165) is 42.2 Å². The predicted octanol–water partition coefficient (Wildman–Crippen LogP) is 5.32. The number of rotatable bonds is 5. The van der Waals surface area contributed by atoms with Gasteiger partial charge in [-0.25, -0.2) is 0 Å². The molecule has 4 nitrogen and oxygen atoms in total. The number of benzene rings is 1. The quantitative estimate of drug-likeness (QED) is 0.640. The van der Waals surface area contributed by atoms with Gasteiger partial charge in [0.2, 0.25) is 5.91 Å². The Balaban J connectivity index is 1.42. The number of carbonyl (C=O) groups is 1.